The zero-order valence-corrected chi connectivity index (χ0v) is 8.43. The van der Waals surface area contributed by atoms with Crippen molar-refractivity contribution >= 4 is 5.69 Å². The van der Waals surface area contributed by atoms with Crippen molar-refractivity contribution in [1.29, 1.82) is 0 Å². The van der Waals surface area contributed by atoms with Gasteiger partial charge in [0, 0.05) is 12.8 Å². The Bertz CT molecular complexity index is 349. The van der Waals surface area contributed by atoms with Gasteiger partial charge < -0.3 is 10.5 Å². The minimum absolute atomic E-state index is 0.0920. The molecule has 0 saturated heterocycles. The van der Waals surface area contributed by atoms with Crippen molar-refractivity contribution in [1.82, 2.24) is 0 Å². The summed E-state index contributed by atoms with van der Waals surface area (Å²) in [5.74, 6) is 0. The number of alkyl halides is 3. The SMILES string of the molecule is COC(C)c1ccc(N)cc1C(F)(F)F. The van der Waals surface area contributed by atoms with Crippen LogP contribution in [0, 0.1) is 0 Å². The van der Waals surface area contributed by atoms with E-state index >= 15 is 0 Å². The van der Waals surface area contributed by atoms with Crippen molar-refractivity contribution in [3.05, 3.63) is 29.3 Å². The number of nitrogens with two attached hydrogens (primary N) is 1. The van der Waals surface area contributed by atoms with Gasteiger partial charge in [-0.1, -0.05) is 6.07 Å². The second kappa shape index (κ2) is 4.10. The largest absolute Gasteiger partial charge is 0.416 e. The number of ether oxygens (including phenoxy) is 1. The fourth-order valence-electron chi connectivity index (χ4n) is 1.30. The van der Waals surface area contributed by atoms with Crippen molar-refractivity contribution in [2.24, 2.45) is 0 Å². The molecule has 5 heteroatoms. The molecule has 84 valence electrons. The summed E-state index contributed by atoms with van der Waals surface area (Å²) in [6, 6.07) is 3.69. The predicted molar refractivity (Wildman–Crippen MR) is 51.3 cm³/mol. The van der Waals surface area contributed by atoms with Crippen LogP contribution in [-0.4, -0.2) is 7.11 Å². The van der Waals surface area contributed by atoms with Gasteiger partial charge in [-0.3, -0.25) is 0 Å². The first-order chi connectivity index (χ1) is 6.86. The Balaban J connectivity index is 3.27. The maximum atomic E-state index is 12.6. The lowest BCUT2D eigenvalue weighted by Crippen LogP contribution is -2.12. The Morgan fingerprint density at radius 2 is 1.93 bits per heavy atom. The zero-order chi connectivity index (χ0) is 11.6. The van der Waals surface area contributed by atoms with Gasteiger partial charge in [0.15, 0.2) is 0 Å². The molecule has 1 rings (SSSR count). The Kier molecular flexibility index (Phi) is 3.24. The van der Waals surface area contributed by atoms with Crippen molar-refractivity contribution in [2.45, 2.75) is 19.2 Å². The van der Waals surface area contributed by atoms with Crippen LogP contribution in [0.25, 0.3) is 0 Å². The first-order valence-corrected chi connectivity index (χ1v) is 4.35. The minimum Gasteiger partial charge on any atom is -0.399 e. The molecule has 0 fully saturated rings. The minimum atomic E-state index is -4.41. The molecule has 0 aliphatic carbocycles. The highest BCUT2D eigenvalue weighted by molar-refractivity contribution is 5.46. The highest BCUT2D eigenvalue weighted by Gasteiger charge is 2.34. The van der Waals surface area contributed by atoms with Gasteiger partial charge in [-0.25, -0.2) is 0 Å². The molecule has 1 atom stereocenters. The third kappa shape index (κ3) is 2.62. The quantitative estimate of drug-likeness (QED) is 0.776. The molecular weight excluding hydrogens is 207 g/mol. The number of hydrogen-bond acceptors (Lipinski definition) is 2. The van der Waals surface area contributed by atoms with Crippen LogP contribution in [0.5, 0.6) is 0 Å². The molecule has 0 saturated carbocycles. The molecule has 2 N–H and O–H groups in total. The van der Waals surface area contributed by atoms with Crippen LogP contribution in [0.3, 0.4) is 0 Å². The van der Waals surface area contributed by atoms with E-state index in [1.54, 1.807) is 6.92 Å². The van der Waals surface area contributed by atoms with Crippen LogP contribution in [0.1, 0.15) is 24.2 Å². The van der Waals surface area contributed by atoms with E-state index in [4.69, 9.17) is 10.5 Å². The Morgan fingerprint density at radius 1 is 1.33 bits per heavy atom. The molecule has 0 aromatic heterocycles. The molecule has 0 amide bonds. The van der Waals surface area contributed by atoms with E-state index < -0.39 is 17.8 Å². The van der Waals surface area contributed by atoms with Gasteiger partial charge in [0.05, 0.1) is 11.7 Å². The van der Waals surface area contributed by atoms with E-state index in [9.17, 15) is 13.2 Å². The van der Waals surface area contributed by atoms with Crippen molar-refractivity contribution in [3.63, 3.8) is 0 Å². The van der Waals surface area contributed by atoms with Gasteiger partial charge in [0.2, 0.25) is 0 Å². The second-order valence-electron chi connectivity index (χ2n) is 3.22. The molecule has 0 aliphatic rings. The Labute approximate surface area is 85.8 Å². The first-order valence-electron chi connectivity index (χ1n) is 4.35. The van der Waals surface area contributed by atoms with Gasteiger partial charge in [-0.15, -0.1) is 0 Å². The molecule has 1 unspecified atom stereocenters. The maximum Gasteiger partial charge on any atom is 0.416 e. The number of anilines is 1. The van der Waals surface area contributed by atoms with E-state index in [0.717, 1.165) is 6.07 Å². The van der Waals surface area contributed by atoms with Gasteiger partial charge in [-0.05, 0) is 24.6 Å². The molecule has 0 aliphatic heterocycles. The predicted octanol–water partition coefficient (Wildman–Crippen LogP) is 3.00. The Hall–Kier alpha value is -1.23. The normalized spacial score (nSPS) is 13.9. The standard InChI is InChI=1S/C10H12F3NO/c1-6(15-2)8-4-3-7(14)5-9(8)10(11,12)13/h3-6H,14H2,1-2H3. The molecule has 0 heterocycles. The molecule has 0 bridgehead atoms. The summed E-state index contributed by atoms with van der Waals surface area (Å²) in [6.45, 7) is 1.56. The van der Waals surface area contributed by atoms with E-state index in [0.29, 0.717) is 0 Å². The lowest BCUT2D eigenvalue weighted by atomic mass is 10.0. The number of hydrogen-bond donors (Lipinski definition) is 1. The summed E-state index contributed by atoms with van der Waals surface area (Å²) >= 11 is 0. The van der Waals surface area contributed by atoms with E-state index in [-0.39, 0.29) is 11.3 Å². The first kappa shape index (κ1) is 11.8. The van der Waals surface area contributed by atoms with Crippen LogP contribution in [-0.2, 0) is 10.9 Å². The van der Waals surface area contributed by atoms with Gasteiger partial charge in [-0.2, -0.15) is 13.2 Å². The molecule has 2 nitrogen and oxygen atoms in total. The van der Waals surface area contributed by atoms with Crippen LogP contribution in [0.2, 0.25) is 0 Å². The molecule has 1 aromatic carbocycles. The smallest absolute Gasteiger partial charge is 0.399 e. The number of benzene rings is 1. The van der Waals surface area contributed by atoms with E-state index in [1.165, 1.54) is 19.2 Å². The fraction of sp³-hybridized carbons (Fsp3) is 0.400. The van der Waals surface area contributed by atoms with Gasteiger partial charge >= 0.3 is 6.18 Å². The topological polar surface area (TPSA) is 35.2 Å². The third-order valence-corrected chi connectivity index (χ3v) is 2.17. The zero-order valence-electron chi connectivity index (χ0n) is 8.43. The van der Waals surface area contributed by atoms with Crippen LogP contribution >= 0.6 is 0 Å². The van der Waals surface area contributed by atoms with Crippen LogP contribution < -0.4 is 5.73 Å². The summed E-state index contributed by atoms with van der Waals surface area (Å²) in [7, 11) is 1.36. The summed E-state index contributed by atoms with van der Waals surface area (Å²) in [6.07, 6.45) is -5.01. The second-order valence-corrected chi connectivity index (χ2v) is 3.22. The highest BCUT2D eigenvalue weighted by atomic mass is 19.4. The van der Waals surface area contributed by atoms with E-state index in [2.05, 4.69) is 0 Å². The number of methoxy groups -OCH3 is 1. The number of halogens is 3. The summed E-state index contributed by atoms with van der Waals surface area (Å²) in [5.41, 5.74) is 4.77. The average Bonchev–Trinajstić information content (AvgIpc) is 2.15. The lowest BCUT2D eigenvalue weighted by Gasteiger charge is -2.17. The number of rotatable bonds is 2. The molecular formula is C10H12F3NO. The average molecular weight is 219 g/mol. The monoisotopic (exact) mass is 219 g/mol. The molecule has 1 aromatic rings. The van der Waals surface area contributed by atoms with Gasteiger partial charge in [0.1, 0.15) is 0 Å². The molecule has 0 radical (unpaired) electrons. The summed E-state index contributed by atoms with van der Waals surface area (Å²) < 4.78 is 42.7. The van der Waals surface area contributed by atoms with Gasteiger partial charge in [0.25, 0.3) is 0 Å². The fourth-order valence-corrected chi connectivity index (χ4v) is 1.30. The molecule has 15 heavy (non-hydrogen) atoms. The van der Waals surface area contributed by atoms with E-state index in [1.807, 2.05) is 0 Å². The Morgan fingerprint density at radius 3 is 2.40 bits per heavy atom. The van der Waals surface area contributed by atoms with Crippen molar-refractivity contribution in [2.75, 3.05) is 12.8 Å². The lowest BCUT2D eigenvalue weighted by molar-refractivity contribution is -0.139. The third-order valence-electron chi connectivity index (χ3n) is 2.17. The van der Waals surface area contributed by atoms with Crippen LogP contribution in [0.15, 0.2) is 18.2 Å². The van der Waals surface area contributed by atoms with Crippen molar-refractivity contribution < 1.29 is 17.9 Å². The van der Waals surface area contributed by atoms with Crippen LogP contribution in [0.4, 0.5) is 18.9 Å². The maximum absolute atomic E-state index is 12.6. The summed E-state index contributed by atoms with van der Waals surface area (Å²) in [5, 5.41) is 0. The summed E-state index contributed by atoms with van der Waals surface area (Å²) in [4.78, 5) is 0. The van der Waals surface area contributed by atoms with Crippen molar-refractivity contribution in [3.8, 4) is 0 Å². The highest BCUT2D eigenvalue weighted by Crippen LogP contribution is 2.36. The molecule has 0 spiro atoms. The number of nitrogen functional groups attached to an aromatic ring is 1.